The largest absolute Gasteiger partial charge is 0.405 e. The molecular weight excluding hydrogens is 210 g/mol. The Kier molecular flexibility index (Phi) is 2.29. The molecule has 0 bridgehead atoms. The van der Waals surface area contributed by atoms with Crippen molar-refractivity contribution in [1.82, 2.24) is 9.97 Å². The first-order chi connectivity index (χ1) is 8.40. The van der Waals surface area contributed by atoms with E-state index in [1.54, 1.807) is 6.20 Å². The van der Waals surface area contributed by atoms with Crippen molar-refractivity contribution in [3.8, 4) is 0 Å². The van der Waals surface area contributed by atoms with Gasteiger partial charge in [0, 0.05) is 22.5 Å². The highest BCUT2D eigenvalue weighted by Crippen LogP contribution is 2.28. The van der Waals surface area contributed by atoms with E-state index in [4.69, 9.17) is 5.73 Å². The van der Waals surface area contributed by atoms with Crippen LogP contribution in [0.4, 0.5) is 0 Å². The van der Waals surface area contributed by atoms with Crippen LogP contribution in [0.2, 0.25) is 0 Å². The minimum absolute atomic E-state index is 0.850. The number of allylic oxidation sites excluding steroid dienone is 1. The average Bonchev–Trinajstić information content (AvgIpc) is 2.75. The van der Waals surface area contributed by atoms with E-state index in [1.807, 2.05) is 24.5 Å². The lowest BCUT2D eigenvalue weighted by Gasteiger charge is -2.00. The van der Waals surface area contributed by atoms with Crippen molar-refractivity contribution in [2.75, 3.05) is 0 Å². The molecule has 0 aliphatic carbocycles. The molecule has 3 N–H and O–H groups in total. The van der Waals surface area contributed by atoms with Gasteiger partial charge in [0.25, 0.3) is 0 Å². The molecule has 2 heterocycles. The number of benzene rings is 1. The summed E-state index contributed by atoms with van der Waals surface area (Å²) in [6.07, 6.45) is 8.09. The molecule has 0 spiro atoms. The molecule has 3 heteroatoms. The molecule has 2 aromatic heterocycles. The molecule has 0 saturated heterocycles. The quantitative estimate of drug-likeness (QED) is 0.701. The number of nitrogens with zero attached hydrogens (tertiary/aromatic N) is 1. The van der Waals surface area contributed by atoms with Gasteiger partial charge in [-0.15, -0.1) is 0 Å². The van der Waals surface area contributed by atoms with Crippen LogP contribution in [0.15, 0.2) is 48.9 Å². The molecule has 0 unspecified atom stereocenters. The minimum atomic E-state index is 0.850. The Balaban J connectivity index is 2.35. The fourth-order valence-corrected chi connectivity index (χ4v) is 2.24. The van der Waals surface area contributed by atoms with Crippen LogP contribution in [0.1, 0.15) is 5.56 Å². The van der Waals surface area contributed by atoms with Crippen molar-refractivity contribution in [3.63, 3.8) is 0 Å². The molecule has 3 nitrogen and oxygen atoms in total. The Bertz CT molecular complexity index is 695. The number of pyridine rings is 1. The molecule has 1 aromatic carbocycles. The number of H-pyrrole nitrogens is 1. The van der Waals surface area contributed by atoms with Crippen LogP contribution >= 0.6 is 0 Å². The average molecular weight is 223 g/mol. The normalized spacial score (nSPS) is 11.8. The standard InChI is InChI=1S/C14H13N3/c15-7-2-4-10-3-1-5-12-14(10)11-6-8-16-9-13(11)17-12/h1-3,5-9,17H,4,15H2. The summed E-state index contributed by atoms with van der Waals surface area (Å²) in [4.78, 5) is 7.51. The summed E-state index contributed by atoms with van der Waals surface area (Å²) in [7, 11) is 0. The Morgan fingerprint density at radius 2 is 2.18 bits per heavy atom. The van der Waals surface area contributed by atoms with Gasteiger partial charge in [0.15, 0.2) is 0 Å². The minimum Gasteiger partial charge on any atom is -0.405 e. The topological polar surface area (TPSA) is 54.7 Å². The number of rotatable bonds is 2. The molecule has 0 amide bonds. The number of nitrogens with one attached hydrogen (secondary N) is 1. The first-order valence-corrected chi connectivity index (χ1v) is 5.60. The van der Waals surface area contributed by atoms with Gasteiger partial charge in [-0.25, -0.2) is 0 Å². The highest BCUT2D eigenvalue weighted by atomic mass is 14.7. The Morgan fingerprint density at radius 1 is 1.24 bits per heavy atom. The maximum absolute atomic E-state index is 5.41. The zero-order valence-electron chi connectivity index (χ0n) is 9.35. The smallest absolute Gasteiger partial charge is 0.0651 e. The lowest BCUT2D eigenvalue weighted by Crippen LogP contribution is -1.84. The Morgan fingerprint density at radius 3 is 3.06 bits per heavy atom. The molecule has 0 radical (unpaired) electrons. The van der Waals surface area contributed by atoms with Gasteiger partial charge in [0.2, 0.25) is 0 Å². The van der Waals surface area contributed by atoms with E-state index in [9.17, 15) is 0 Å². The van der Waals surface area contributed by atoms with Crippen molar-refractivity contribution < 1.29 is 0 Å². The SMILES string of the molecule is NC=CCc1cccc2[nH]c3cnccc3c12. The number of fused-ring (bicyclic) bond motifs is 3. The summed E-state index contributed by atoms with van der Waals surface area (Å²) in [5.41, 5.74) is 8.91. The van der Waals surface area contributed by atoms with Crippen LogP contribution in [0, 0.1) is 0 Å². The van der Waals surface area contributed by atoms with Crippen LogP contribution < -0.4 is 5.73 Å². The van der Waals surface area contributed by atoms with Gasteiger partial charge in [-0.3, -0.25) is 4.98 Å². The monoisotopic (exact) mass is 223 g/mol. The second kappa shape index (κ2) is 3.94. The number of aromatic nitrogens is 2. The summed E-state index contributed by atoms with van der Waals surface area (Å²) >= 11 is 0. The second-order valence-corrected chi connectivity index (χ2v) is 4.02. The third-order valence-corrected chi connectivity index (χ3v) is 2.98. The summed E-state index contributed by atoms with van der Waals surface area (Å²) in [5.74, 6) is 0. The van der Waals surface area contributed by atoms with Crippen molar-refractivity contribution >= 4 is 21.8 Å². The fraction of sp³-hybridized carbons (Fsp3) is 0.0714. The predicted molar refractivity (Wildman–Crippen MR) is 70.6 cm³/mol. The number of nitrogens with two attached hydrogens (primary N) is 1. The molecule has 0 atom stereocenters. The van der Waals surface area contributed by atoms with Crippen molar-refractivity contribution in [3.05, 3.63) is 54.5 Å². The maximum atomic E-state index is 5.41. The molecular formula is C14H13N3. The molecule has 0 aliphatic heterocycles. The van der Waals surface area contributed by atoms with Crippen LogP contribution in [-0.2, 0) is 6.42 Å². The number of hydrogen-bond donors (Lipinski definition) is 2. The summed E-state index contributed by atoms with van der Waals surface area (Å²) in [6, 6.07) is 8.33. The first kappa shape index (κ1) is 9.90. The molecule has 0 fully saturated rings. The molecule has 3 rings (SSSR count). The van der Waals surface area contributed by atoms with Gasteiger partial charge in [-0.1, -0.05) is 18.2 Å². The Hall–Kier alpha value is -2.29. The van der Waals surface area contributed by atoms with Gasteiger partial charge in [0.1, 0.15) is 0 Å². The van der Waals surface area contributed by atoms with Gasteiger partial charge in [-0.2, -0.15) is 0 Å². The third-order valence-electron chi connectivity index (χ3n) is 2.98. The molecule has 0 saturated carbocycles. The van der Waals surface area contributed by atoms with Gasteiger partial charge < -0.3 is 10.7 Å². The van der Waals surface area contributed by atoms with E-state index in [2.05, 4.69) is 28.2 Å². The van der Waals surface area contributed by atoms with E-state index >= 15 is 0 Å². The van der Waals surface area contributed by atoms with Gasteiger partial charge in [0.05, 0.1) is 11.7 Å². The highest BCUT2D eigenvalue weighted by Gasteiger charge is 2.06. The van der Waals surface area contributed by atoms with Crippen molar-refractivity contribution in [1.29, 1.82) is 0 Å². The van der Waals surface area contributed by atoms with Crippen LogP contribution in [0.5, 0.6) is 0 Å². The van der Waals surface area contributed by atoms with Crippen LogP contribution in [-0.4, -0.2) is 9.97 Å². The molecule has 17 heavy (non-hydrogen) atoms. The van der Waals surface area contributed by atoms with Crippen molar-refractivity contribution in [2.45, 2.75) is 6.42 Å². The van der Waals surface area contributed by atoms with Crippen LogP contribution in [0.25, 0.3) is 21.8 Å². The maximum Gasteiger partial charge on any atom is 0.0651 e. The lowest BCUT2D eigenvalue weighted by atomic mass is 10.0. The van der Waals surface area contributed by atoms with E-state index < -0.39 is 0 Å². The predicted octanol–water partition coefficient (Wildman–Crippen LogP) is 2.73. The third kappa shape index (κ3) is 1.56. The zero-order valence-corrected chi connectivity index (χ0v) is 9.35. The zero-order chi connectivity index (χ0) is 11.7. The number of aromatic amines is 1. The lowest BCUT2D eigenvalue weighted by molar-refractivity contribution is 1.29. The summed E-state index contributed by atoms with van der Waals surface area (Å²) in [6.45, 7) is 0. The molecule has 84 valence electrons. The van der Waals surface area contributed by atoms with Gasteiger partial charge in [-0.05, 0) is 30.3 Å². The highest BCUT2D eigenvalue weighted by molar-refractivity contribution is 6.08. The Labute approximate surface area is 99.0 Å². The van der Waals surface area contributed by atoms with E-state index in [0.717, 1.165) is 17.5 Å². The summed E-state index contributed by atoms with van der Waals surface area (Å²) < 4.78 is 0. The first-order valence-electron chi connectivity index (χ1n) is 5.60. The second-order valence-electron chi connectivity index (χ2n) is 4.02. The fourth-order valence-electron chi connectivity index (χ4n) is 2.24. The summed E-state index contributed by atoms with van der Waals surface area (Å²) in [5, 5.41) is 2.49. The number of hydrogen-bond acceptors (Lipinski definition) is 2. The van der Waals surface area contributed by atoms with E-state index in [-0.39, 0.29) is 0 Å². The van der Waals surface area contributed by atoms with Crippen LogP contribution in [0.3, 0.4) is 0 Å². The van der Waals surface area contributed by atoms with E-state index in [1.165, 1.54) is 16.3 Å². The van der Waals surface area contributed by atoms with Gasteiger partial charge >= 0.3 is 0 Å². The molecule has 3 aromatic rings. The van der Waals surface area contributed by atoms with Crippen molar-refractivity contribution in [2.24, 2.45) is 5.73 Å². The van der Waals surface area contributed by atoms with E-state index in [0.29, 0.717) is 0 Å². The molecule has 0 aliphatic rings.